The van der Waals surface area contributed by atoms with Crippen molar-refractivity contribution in [1.82, 2.24) is 4.31 Å². The van der Waals surface area contributed by atoms with E-state index in [0.29, 0.717) is 43.4 Å². The molecule has 2 heterocycles. The summed E-state index contributed by atoms with van der Waals surface area (Å²) in [7, 11) is -3.46. The predicted octanol–water partition coefficient (Wildman–Crippen LogP) is 1.59. The Morgan fingerprint density at radius 3 is 2.21 bits per heavy atom. The molecule has 1 aromatic rings. The molecule has 2 N–H and O–H groups in total. The lowest BCUT2D eigenvalue weighted by molar-refractivity contribution is -0.117. The summed E-state index contributed by atoms with van der Waals surface area (Å²) < 4.78 is 26.9. The molecule has 0 saturated carbocycles. The second-order valence-corrected chi connectivity index (χ2v) is 8.16. The molecule has 2 fully saturated rings. The van der Waals surface area contributed by atoms with Crippen molar-refractivity contribution < 1.29 is 13.2 Å². The Balaban J connectivity index is 0.00000208. The third kappa shape index (κ3) is 3.74. The van der Waals surface area contributed by atoms with Gasteiger partial charge in [0, 0.05) is 31.7 Å². The lowest BCUT2D eigenvalue weighted by Gasteiger charge is -2.30. The summed E-state index contributed by atoms with van der Waals surface area (Å²) in [6, 6.07) is 6.65. The number of sulfonamides is 1. The standard InChI is InChI=1S/C16H23N3O3S.ClH/c17-12-13-7-10-18(11-8-13)23(21,22)15-5-3-14(4-6-15)19-9-1-2-16(19)20;/h3-6,13H,1-2,7-12,17H2;1H. The number of hydrogen-bond acceptors (Lipinski definition) is 4. The van der Waals surface area contributed by atoms with E-state index in [4.69, 9.17) is 5.73 Å². The third-order valence-electron chi connectivity index (χ3n) is 4.77. The van der Waals surface area contributed by atoms with Gasteiger partial charge in [0.2, 0.25) is 15.9 Å². The van der Waals surface area contributed by atoms with Gasteiger partial charge in [-0.3, -0.25) is 4.79 Å². The average molecular weight is 374 g/mol. The minimum Gasteiger partial charge on any atom is -0.330 e. The molecule has 2 saturated heterocycles. The normalized spacial score (nSPS) is 20.2. The minimum absolute atomic E-state index is 0. The predicted molar refractivity (Wildman–Crippen MR) is 95.8 cm³/mol. The Morgan fingerprint density at radius 1 is 1.08 bits per heavy atom. The van der Waals surface area contributed by atoms with Gasteiger partial charge in [-0.05, 0) is 56.0 Å². The molecule has 0 bridgehead atoms. The van der Waals surface area contributed by atoms with Gasteiger partial charge in [0.05, 0.1) is 4.90 Å². The molecule has 0 radical (unpaired) electrons. The van der Waals surface area contributed by atoms with Crippen molar-refractivity contribution in [2.24, 2.45) is 11.7 Å². The highest BCUT2D eigenvalue weighted by molar-refractivity contribution is 7.89. The smallest absolute Gasteiger partial charge is 0.243 e. The van der Waals surface area contributed by atoms with Crippen LogP contribution in [0.1, 0.15) is 25.7 Å². The molecule has 6 nitrogen and oxygen atoms in total. The summed E-state index contributed by atoms with van der Waals surface area (Å²) >= 11 is 0. The van der Waals surface area contributed by atoms with Crippen molar-refractivity contribution in [2.45, 2.75) is 30.6 Å². The minimum atomic E-state index is -3.46. The summed E-state index contributed by atoms with van der Waals surface area (Å²) in [6.45, 7) is 2.37. The van der Waals surface area contributed by atoms with Gasteiger partial charge in [-0.2, -0.15) is 4.31 Å². The Labute approximate surface area is 149 Å². The van der Waals surface area contributed by atoms with E-state index in [2.05, 4.69) is 0 Å². The molecule has 2 aliphatic rings. The Bertz CT molecular complexity index is 670. The van der Waals surface area contributed by atoms with E-state index in [1.807, 2.05) is 0 Å². The highest BCUT2D eigenvalue weighted by Crippen LogP contribution is 2.26. The Morgan fingerprint density at radius 2 is 1.71 bits per heavy atom. The maximum atomic E-state index is 12.7. The van der Waals surface area contributed by atoms with Gasteiger partial charge in [-0.1, -0.05) is 0 Å². The molecule has 8 heteroatoms. The Kier molecular flexibility index (Phi) is 6.25. The van der Waals surface area contributed by atoms with Crippen LogP contribution in [0.15, 0.2) is 29.2 Å². The van der Waals surface area contributed by atoms with Gasteiger partial charge >= 0.3 is 0 Å². The highest BCUT2D eigenvalue weighted by Gasteiger charge is 2.29. The van der Waals surface area contributed by atoms with Crippen molar-refractivity contribution >= 4 is 34.0 Å². The molecule has 1 aromatic carbocycles. The molecule has 0 atom stereocenters. The first-order chi connectivity index (χ1) is 11.0. The molecule has 0 aromatic heterocycles. The van der Waals surface area contributed by atoms with E-state index in [9.17, 15) is 13.2 Å². The van der Waals surface area contributed by atoms with Gasteiger partial charge in [0.25, 0.3) is 0 Å². The molecule has 3 rings (SSSR count). The fraction of sp³-hybridized carbons (Fsp3) is 0.562. The second kappa shape index (κ2) is 7.82. The van der Waals surface area contributed by atoms with Gasteiger partial charge in [0.1, 0.15) is 0 Å². The number of piperidine rings is 1. The highest BCUT2D eigenvalue weighted by atomic mass is 35.5. The monoisotopic (exact) mass is 373 g/mol. The van der Waals surface area contributed by atoms with E-state index < -0.39 is 10.0 Å². The molecule has 24 heavy (non-hydrogen) atoms. The van der Waals surface area contributed by atoms with E-state index in [-0.39, 0.29) is 18.3 Å². The topological polar surface area (TPSA) is 83.7 Å². The number of carbonyl (C=O) groups is 1. The number of anilines is 1. The maximum absolute atomic E-state index is 12.7. The summed E-state index contributed by atoms with van der Waals surface area (Å²) in [4.78, 5) is 13.8. The van der Waals surface area contributed by atoms with Crippen LogP contribution in [-0.2, 0) is 14.8 Å². The van der Waals surface area contributed by atoms with E-state index >= 15 is 0 Å². The third-order valence-corrected chi connectivity index (χ3v) is 6.68. The van der Waals surface area contributed by atoms with Gasteiger partial charge in [-0.25, -0.2) is 8.42 Å². The largest absolute Gasteiger partial charge is 0.330 e. The number of amides is 1. The number of nitrogens with two attached hydrogens (primary N) is 1. The first-order valence-electron chi connectivity index (χ1n) is 8.13. The quantitative estimate of drug-likeness (QED) is 0.868. The maximum Gasteiger partial charge on any atom is 0.243 e. The number of hydrogen-bond donors (Lipinski definition) is 1. The Hall–Kier alpha value is -1.15. The first-order valence-corrected chi connectivity index (χ1v) is 9.57. The number of benzene rings is 1. The molecular formula is C16H24ClN3O3S. The van der Waals surface area contributed by atoms with Gasteiger partial charge in [-0.15, -0.1) is 12.4 Å². The second-order valence-electron chi connectivity index (χ2n) is 6.23. The van der Waals surface area contributed by atoms with Crippen LogP contribution in [0, 0.1) is 5.92 Å². The molecule has 1 amide bonds. The molecule has 0 spiro atoms. The molecular weight excluding hydrogens is 350 g/mol. The van der Waals surface area contributed by atoms with Crippen molar-refractivity contribution in [3.8, 4) is 0 Å². The van der Waals surface area contributed by atoms with E-state index in [1.165, 1.54) is 4.31 Å². The van der Waals surface area contributed by atoms with E-state index in [1.54, 1.807) is 29.2 Å². The summed E-state index contributed by atoms with van der Waals surface area (Å²) in [5.74, 6) is 0.523. The lowest BCUT2D eigenvalue weighted by Crippen LogP contribution is -2.40. The fourth-order valence-electron chi connectivity index (χ4n) is 3.25. The summed E-state index contributed by atoms with van der Waals surface area (Å²) in [6.07, 6.45) is 3.05. The molecule has 134 valence electrons. The average Bonchev–Trinajstić information content (AvgIpc) is 3.01. The van der Waals surface area contributed by atoms with Crippen LogP contribution < -0.4 is 10.6 Å². The van der Waals surface area contributed by atoms with Crippen LogP contribution >= 0.6 is 12.4 Å². The zero-order valence-electron chi connectivity index (χ0n) is 13.6. The number of rotatable bonds is 4. The zero-order valence-corrected chi connectivity index (χ0v) is 15.2. The van der Waals surface area contributed by atoms with Gasteiger partial charge < -0.3 is 10.6 Å². The van der Waals surface area contributed by atoms with Crippen LogP contribution in [0.5, 0.6) is 0 Å². The first kappa shape index (κ1) is 19.2. The lowest BCUT2D eigenvalue weighted by atomic mass is 9.99. The van der Waals surface area contributed by atoms with Crippen LogP contribution in [-0.4, -0.2) is 44.8 Å². The van der Waals surface area contributed by atoms with E-state index in [0.717, 1.165) is 24.9 Å². The molecule has 2 aliphatic heterocycles. The number of halogens is 1. The van der Waals surface area contributed by atoms with Gasteiger partial charge in [0.15, 0.2) is 0 Å². The van der Waals surface area contributed by atoms with Crippen LogP contribution in [0.4, 0.5) is 5.69 Å². The van der Waals surface area contributed by atoms with Crippen molar-refractivity contribution in [3.63, 3.8) is 0 Å². The van der Waals surface area contributed by atoms with Crippen LogP contribution in [0.3, 0.4) is 0 Å². The van der Waals surface area contributed by atoms with Crippen molar-refractivity contribution in [2.75, 3.05) is 31.1 Å². The van der Waals surface area contributed by atoms with Crippen LogP contribution in [0.25, 0.3) is 0 Å². The molecule has 0 aliphatic carbocycles. The van der Waals surface area contributed by atoms with Crippen LogP contribution in [0.2, 0.25) is 0 Å². The van der Waals surface area contributed by atoms with Crippen molar-refractivity contribution in [3.05, 3.63) is 24.3 Å². The SMILES string of the molecule is Cl.NCC1CCN(S(=O)(=O)c2ccc(N3CCCC3=O)cc2)CC1. The summed E-state index contributed by atoms with van der Waals surface area (Å²) in [5.41, 5.74) is 6.43. The van der Waals surface area contributed by atoms with Crippen molar-refractivity contribution in [1.29, 1.82) is 0 Å². The fourth-order valence-corrected chi connectivity index (χ4v) is 4.72. The number of carbonyl (C=O) groups excluding carboxylic acids is 1. The number of nitrogens with zero attached hydrogens (tertiary/aromatic N) is 2. The zero-order chi connectivity index (χ0) is 16.4. The summed E-state index contributed by atoms with van der Waals surface area (Å²) in [5, 5.41) is 0. The molecule has 0 unspecified atom stereocenters.